The average molecular weight is 276 g/mol. The number of morpholine rings is 1. The van der Waals surface area contributed by atoms with Crippen LogP contribution in [0.5, 0.6) is 0 Å². The lowest BCUT2D eigenvalue weighted by atomic mass is 10.1. The Morgan fingerprint density at radius 3 is 2.65 bits per heavy atom. The first-order valence-corrected chi connectivity index (χ1v) is 6.81. The molecule has 0 saturated carbocycles. The van der Waals surface area contributed by atoms with Crippen molar-refractivity contribution in [3.8, 4) is 0 Å². The quantitative estimate of drug-likeness (QED) is 0.848. The number of anilines is 1. The van der Waals surface area contributed by atoms with Gasteiger partial charge in [-0.25, -0.2) is 0 Å². The smallest absolute Gasteiger partial charge is 0.241 e. The highest BCUT2D eigenvalue weighted by Crippen LogP contribution is 2.13. The molecule has 1 aromatic carbocycles. The number of ether oxygens (including phenoxy) is 1. The number of Topliss-reactive ketones (excluding diaryl/α,β-unsaturated/α-hetero) is 1. The maximum atomic E-state index is 12.2. The van der Waals surface area contributed by atoms with Gasteiger partial charge in [0.1, 0.15) is 0 Å². The summed E-state index contributed by atoms with van der Waals surface area (Å²) in [7, 11) is 0. The van der Waals surface area contributed by atoms with E-state index >= 15 is 0 Å². The molecule has 5 heteroatoms. The van der Waals surface area contributed by atoms with Gasteiger partial charge < -0.3 is 10.1 Å². The minimum absolute atomic E-state index is 0.0117. The van der Waals surface area contributed by atoms with E-state index in [1.54, 1.807) is 24.3 Å². The van der Waals surface area contributed by atoms with E-state index in [1.807, 2.05) is 6.92 Å². The third-order valence-corrected chi connectivity index (χ3v) is 3.51. The zero-order valence-electron chi connectivity index (χ0n) is 11.9. The van der Waals surface area contributed by atoms with Crippen LogP contribution in [0.3, 0.4) is 0 Å². The monoisotopic (exact) mass is 276 g/mol. The molecule has 1 saturated heterocycles. The molecule has 108 valence electrons. The number of nitrogens with zero attached hydrogens (tertiary/aromatic N) is 1. The molecule has 1 heterocycles. The van der Waals surface area contributed by atoms with E-state index in [0.717, 1.165) is 13.1 Å². The van der Waals surface area contributed by atoms with Crippen molar-refractivity contribution < 1.29 is 14.3 Å². The summed E-state index contributed by atoms with van der Waals surface area (Å²) in [6, 6.07) is 6.79. The fraction of sp³-hybridized carbons (Fsp3) is 0.467. The summed E-state index contributed by atoms with van der Waals surface area (Å²) in [5.74, 6) is -0.0741. The number of carbonyl (C=O) groups excluding carboxylic acids is 2. The molecule has 0 aliphatic carbocycles. The van der Waals surface area contributed by atoms with Crippen LogP contribution in [0.15, 0.2) is 24.3 Å². The molecule has 0 aromatic heterocycles. The van der Waals surface area contributed by atoms with E-state index in [9.17, 15) is 9.59 Å². The van der Waals surface area contributed by atoms with Gasteiger partial charge in [-0.1, -0.05) is 12.1 Å². The number of hydrogen-bond donors (Lipinski definition) is 1. The average Bonchev–Trinajstić information content (AvgIpc) is 2.47. The van der Waals surface area contributed by atoms with Crippen molar-refractivity contribution in [2.45, 2.75) is 19.9 Å². The summed E-state index contributed by atoms with van der Waals surface area (Å²) in [6.45, 7) is 6.26. The summed E-state index contributed by atoms with van der Waals surface area (Å²) in [6.07, 6.45) is 0. The van der Waals surface area contributed by atoms with Gasteiger partial charge in [-0.3, -0.25) is 14.5 Å². The third-order valence-electron chi connectivity index (χ3n) is 3.51. The normalized spacial score (nSPS) is 17.5. The molecular weight excluding hydrogens is 256 g/mol. The van der Waals surface area contributed by atoms with Crippen molar-refractivity contribution >= 4 is 17.4 Å². The SMILES string of the molecule is CC(=O)c1cccc(NC(=O)[C@H](C)N2CCOCC2)c1. The number of ketones is 1. The molecule has 1 atom stereocenters. The first-order valence-electron chi connectivity index (χ1n) is 6.81. The number of rotatable bonds is 4. The molecule has 2 rings (SSSR count). The van der Waals surface area contributed by atoms with Crippen LogP contribution in [0.1, 0.15) is 24.2 Å². The predicted molar refractivity (Wildman–Crippen MR) is 76.9 cm³/mol. The van der Waals surface area contributed by atoms with Crippen LogP contribution in [0.2, 0.25) is 0 Å². The highest BCUT2D eigenvalue weighted by Gasteiger charge is 2.23. The van der Waals surface area contributed by atoms with E-state index in [4.69, 9.17) is 4.74 Å². The first kappa shape index (κ1) is 14.7. The van der Waals surface area contributed by atoms with E-state index in [-0.39, 0.29) is 17.7 Å². The van der Waals surface area contributed by atoms with Crippen molar-refractivity contribution in [3.05, 3.63) is 29.8 Å². The minimum Gasteiger partial charge on any atom is -0.379 e. The van der Waals surface area contributed by atoms with Gasteiger partial charge in [0, 0.05) is 24.3 Å². The number of amides is 1. The van der Waals surface area contributed by atoms with Gasteiger partial charge in [0.15, 0.2) is 5.78 Å². The molecule has 1 aromatic rings. The number of hydrogen-bond acceptors (Lipinski definition) is 4. The number of carbonyl (C=O) groups is 2. The van der Waals surface area contributed by atoms with Crippen LogP contribution in [-0.4, -0.2) is 48.9 Å². The van der Waals surface area contributed by atoms with Crippen molar-refractivity contribution in [3.63, 3.8) is 0 Å². The molecule has 20 heavy (non-hydrogen) atoms. The van der Waals surface area contributed by atoms with Gasteiger partial charge in [-0.05, 0) is 26.0 Å². The summed E-state index contributed by atoms with van der Waals surface area (Å²) in [5, 5.41) is 2.86. The Bertz CT molecular complexity index is 496. The Hall–Kier alpha value is -1.72. The number of benzene rings is 1. The summed E-state index contributed by atoms with van der Waals surface area (Å²) in [4.78, 5) is 25.6. The second-order valence-electron chi connectivity index (χ2n) is 4.95. The summed E-state index contributed by atoms with van der Waals surface area (Å²) < 4.78 is 5.28. The molecule has 1 fully saturated rings. The molecule has 0 spiro atoms. The maximum Gasteiger partial charge on any atom is 0.241 e. The van der Waals surface area contributed by atoms with E-state index in [0.29, 0.717) is 24.5 Å². The zero-order chi connectivity index (χ0) is 14.5. The molecule has 1 amide bonds. The molecule has 0 radical (unpaired) electrons. The minimum atomic E-state index is -0.208. The Kier molecular flexibility index (Phi) is 4.87. The molecule has 1 aliphatic heterocycles. The second-order valence-corrected chi connectivity index (χ2v) is 4.95. The molecule has 5 nitrogen and oxygen atoms in total. The zero-order valence-corrected chi connectivity index (χ0v) is 11.9. The topological polar surface area (TPSA) is 58.6 Å². The van der Waals surface area contributed by atoms with Gasteiger partial charge >= 0.3 is 0 Å². The van der Waals surface area contributed by atoms with E-state index < -0.39 is 0 Å². The summed E-state index contributed by atoms with van der Waals surface area (Å²) in [5.41, 5.74) is 1.25. The fourth-order valence-electron chi connectivity index (χ4n) is 2.19. The van der Waals surface area contributed by atoms with Crippen molar-refractivity contribution in [1.29, 1.82) is 0 Å². The van der Waals surface area contributed by atoms with Crippen LogP contribution >= 0.6 is 0 Å². The van der Waals surface area contributed by atoms with Crippen LogP contribution in [0.4, 0.5) is 5.69 Å². The maximum absolute atomic E-state index is 12.2. The Morgan fingerprint density at radius 2 is 2.00 bits per heavy atom. The van der Waals surface area contributed by atoms with Crippen LogP contribution in [-0.2, 0) is 9.53 Å². The molecular formula is C15H20N2O3. The Morgan fingerprint density at radius 1 is 1.30 bits per heavy atom. The van der Waals surface area contributed by atoms with Gasteiger partial charge in [0.25, 0.3) is 0 Å². The first-order chi connectivity index (χ1) is 9.58. The van der Waals surface area contributed by atoms with Gasteiger partial charge in [0.05, 0.1) is 19.3 Å². The molecule has 0 unspecified atom stereocenters. The molecule has 0 bridgehead atoms. The van der Waals surface area contributed by atoms with Crippen molar-refractivity contribution in [2.24, 2.45) is 0 Å². The van der Waals surface area contributed by atoms with Crippen molar-refractivity contribution in [2.75, 3.05) is 31.6 Å². The molecule has 1 N–H and O–H groups in total. The highest BCUT2D eigenvalue weighted by molar-refractivity contribution is 5.98. The van der Waals surface area contributed by atoms with E-state index in [2.05, 4.69) is 10.2 Å². The van der Waals surface area contributed by atoms with Gasteiger partial charge in [-0.2, -0.15) is 0 Å². The summed E-state index contributed by atoms with van der Waals surface area (Å²) >= 11 is 0. The van der Waals surface area contributed by atoms with E-state index in [1.165, 1.54) is 6.92 Å². The van der Waals surface area contributed by atoms with Crippen LogP contribution in [0.25, 0.3) is 0 Å². The highest BCUT2D eigenvalue weighted by atomic mass is 16.5. The second kappa shape index (κ2) is 6.63. The third kappa shape index (κ3) is 3.65. The largest absolute Gasteiger partial charge is 0.379 e. The Labute approximate surface area is 118 Å². The predicted octanol–water partition coefficient (Wildman–Crippen LogP) is 1.55. The number of nitrogens with one attached hydrogen (secondary N) is 1. The lowest BCUT2D eigenvalue weighted by molar-refractivity contribution is -0.122. The standard InChI is InChI=1S/C15H20N2O3/c1-11(17-6-8-20-9-7-17)15(19)16-14-5-3-4-13(10-14)12(2)18/h3-5,10-11H,6-9H2,1-2H3,(H,16,19)/t11-/m0/s1. The fourth-order valence-corrected chi connectivity index (χ4v) is 2.19. The Balaban J connectivity index is 1.99. The lowest BCUT2D eigenvalue weighted by Crippen LogP contribution is -2.47. The lowest BCUT2D eigenvalue weighted by Gasteiger charge is -2.31. The van der Waals surface area contributed by atoms with Crippen molar-refractivity contribution in [1.82, 2.24) is 4.90 Å². The molecule has 1 aliphatic rings. The van der Waals surface area contributed by atoms with Gasteiger partial charge in [-0.15, -0.1) is 0 Å². The van der Waals surface area contributed by atoms with Crippen LogP contribution < -0.4 is 5.32 Å². The van der Waals surface area contributed by atoms with Crippen LogP contribution in [0, 0.1) is 0 Å². The van der Waals surface area contributed by atoms with Gasteiger partial charge in [0.2, 0.25) is 5.91 Å².